The summed E-state index contributed by atoms with van der Waals surface area (Å²) < 4.78 is 23.9. The Balaban J connectivity index is 2.23. The molecule has 0 spiro atoms. The molecule has 0 aliphatic heterocycles. The maximum Gasteiger partial charge on any atom is 0.165 e. The van der Waals surface area contributed by atoms with E-state index >= 15 is 0 Å². The zero-order valence-electron chi connectivity index (χ0n) is 12.2. The van der Waals surface area contributed by atoms with E-state index in [1.54, 1.807) is 12.1 Å². The molecule has 2 rings (SSSR count). The molecular weight excluding hydrogens is 271 g/mol. The second kappa shape index (κ2) is 6.83. The van der Waals surface area contributed by atoms with Gasteiger partial charge in [-0.1, -0.05) is 13.0 Å². The SMILES string of the molecule is CCCOc1cccc(Nc2ccc(F)c(OC)c2)c1N. The Labute approximate surface area is 123 Å². The normalized spacial score (nSPS) is 10.2. The van der Waals surface area contributed by atoms with Crippen LogP contribution in [0.4, 0.5) is 21.5 Å². The van der Waals surface area contributed by atoms with Gasteiger partial charge in [-0.25, -0.2) is 4.39 Å². The van der Waals surface area contributed by atoms with E-state index in [1.807, 2.05) is 25.1 Å². The molecule has 0 saturated heterocycles. The van der Waals surface area contributed by atoms with Gasteiger partial charge in [-0.3, -0.25) is 0 Å². The predicted molar refractivity (Wildman–Crippen MR) is 82.9 cm³/mol. The van der Waals surface area contributed by atoms with E-state index in [2.05, 4.69) is 5.32 Å². The monoisotopic (exact) mass is 290 g/mol. The molecule has 0 fully saturated rings. The topological polar surface area (TPSA) is 56.5 Å². The number of hydrogen-bond donors (Lipinski definition) is 2. The number of nitrogens with one attached hydrogen (secondary N) is 1. The van der Waals surface area contributed by atoms with Crippen molar-refractivity contribution in [1.29, 1.82) is 0 Å². The van der Waals surface area contributed by atoms with Gasteiger partial charge in [-0.2, -0.15) is 0 Å². The van der Waals surface area contributed by atoms with E-state index in [9.17, 15) is 4.39 Å². The fraction of sp³-hybridized carbons (Fsp3) is 0.250. The molecule has 0 aliphatic rings. The standard InChI is InChI=1S/C16H19FN2O2/c1-3-9-21-14-6-4-5-13(16(14)18)19-11-7-8-12(17)15(10-11)20-2/h4-8,10,19H,3,9,18H2,1-2H3. The molecule has 4 nitrogen and oxygen atoms in total. The van der Waals surface area contributed by atoms with Crippen molar-refractivity contribution in [2.75, 3.05) is 24.8 Å². The number of nitrogens with two attached hydrogens (primary N) is 1. The molecule has 0 heterocycles. The molecule has 0 aliphatic carbocycles. The highest BCUT2D eigenvalue weighted by Gasteiger charge is 2.08. The van der Waals surface area contributed by atoms with Gasteiger partial charge in [0.25, 0.3) is 0 Å². The molecule has 5 heteroatoms. The molecule has 2 aromatic rings. The number of hydrogen-bond acceptors (Lipinski definition) is 4. The van der Waals surface area contributed by atoms with E-state index < -0.39 is 5.82 Å². The number of methoxy groups -OCH3 is 1. The van der Waals surface area contributed by atoms with Crippen molar-refractivity contribution >= 4 is 17.1 Å². The molecule has 0 radical (unpaired) electrons. The van der Waals surface area contributed by atoms with Gasteiger partial charge < -0.3 is 20.5 Å². The quantitative estimate of drug-likeness (QED) is 0.791. The Morgan fingerprint density at radius 2 is 2.00 bits per heavy atom. The van der Waals surface area contributed by atoms with Crippen molar-refractivity contribution in [2.45, 2.75) is 13.3 Å². The van der Waals surface area contributed by atoms with Crippen LogP contribution in [0.15, 0.2) is 36.4 Å². The molecular formula is C16H19FN2O2. The number of ether oxygens (including phenoxy) is 2. The van der Waals surface area contributed by atoms with Crippen molar-refractivity contribution in [3.05, 3.63) is 42.2 Å². The highest BCUT2D eigenvalue weighted by atomic mass is 19.1. The molecule has 0 saturated carbocycles. The zero-order valence-corrected chi connectivity index (χ0v) is 12.2. The molecule has 3 N–H and O–H groups in total. The molecule has 0 unspecified atom stereocenters. The van der Waals surface area contributed by atoms with Crippen LogP contribution >= 0.6 is 0 Å². The van der Waals surface area contributed by atoms with Crippen molar-refractivity contribution in [3.63, 3.8) is 0 Å². The molecule has 2 aromatic carbocycles. The maximum atomic E-state index is 13.4. The second-order valence-electron chi connectivity index (χ2n) is 4.54. The second-order valence-corrected chi connectivity index (χ2v) is 4.54. The Morgan fingerprint density at radius 1 is 1.19 bits per heavy atom. The number of halogens is 1. The number of anilines is 3. The molecule has 0 aromatic heterocycles. The molecule has 21 heavy (non-hydrogen) atoms. The highest BCUT2D eigenvalue weighted by molar-refractivity contribution is 5.77. The van der Waals surface area contributed by atoms with Crippen molar-refractivity contribution in [2.24, 2.45) is 0 Å². The lowest BCUT2D eigenvalue weighted by molar-refractivity contribution is 0.319. The smallest absolute Gasteiger partial charge is 0.165 e. The van der Waals surface area contributed by atoms with Gasteiger partial charge in [0.05, 0.1) is 25.1 Å². The van der Waals surface area contributed by atoms with Gasteiger partial charge >= 0.3 is 0 Å². The van der Waals surface area contributed by atoms with Gasteiger partial charge in [0.15, 0.2) is 11.6 Å². The number of para-hydroxylation sites is 1. The van der Waals surface area contributed by atoms with Crippen LogP contribution in [-0.4, -0.2) is 13.7 Å². The van der Waals surface area contributed by atoms with Crippen LogP contribution in [0.2, 0.25) is 0 Å². The lowest BCUT2D eigenvalue weighted by Crippen LogP contribution is -2.02. The summed E-state index contributed by atoms with van der Waals surface area (Å²) in [6.07, 6.45) is 0.909. The molecule has 112 valence electrons. The third-order valence-electron chi connectivity index (χ3n) is 2.96. The first-order chi connectivity index (χ1) is 10.2. The lowest BCUT2D eigenvalue weighted by Gasteiger charge is -2.14. The molecule has 0 bridgehead atoms. The van der Waals surface area contributed by atoms with Crippen LogP contribution in [-0.2, 0) is 0 Å². The average Bonchev–Trinajstić information content (AvgIpc) is 2.50. The van der Waals surface area contributed by atoms with E-state index in [-0.39, 0.29) is 5.75 Å². The minimum Gasteiger partial charge on any atom is -0.494 e. The maximum absolute atomic E-state index is 13.4. The van der Waals surface area contributed by atoms with Gasteiger partial charge in [0.1, 0.15) is 5.75 Å². The van der Waals surface area contributed by atoms with Crippen molar-refractivity contribution in [1.82, 2.24) is 0 Å². The van der Waals surface area contributed by atoms with Gasteiger partial charge in [0, 0.05) is 11.8 Å². The van der Waals surface area contributed by atoms with Crippen LogP contribution in [0.25, 0.3) is 0 Å². The van der Waals surface area contributed by atoms with E-state index in [0.717, 1.165) is 6.42 Å². The average molecular weight is 290 g/mol. The zero-order chi connectivity index (χ0) is 15.2. The van der Waals surface area contributed by atoms with Crippen LogP contribution < -0.4 is 20.5 Å². The third-order valence-corrected chi connectivity index (χ3v) is 2.96. The number of rotatable bonds is 6. The Morgan fingerprint density at radius 3 is 2.71 bits per heavy atom. The first-order valence-corrected chi connectivity index (χ1v) is 6.77. The third kappa shape index (κ3) is 3.56. The van der Waals surface area contributed by atoms with Crippen LogP contribution in [0.5, 0.6) is 11.5 Å². The summed E-state index contributed by atoms with van der Waals surface area (Å²) in [5, 5.41) is 3.14. The largest absolute Gasteiger partial charge is 0.494 e. The summed E-state index contributed by atoms with van der Waals surface area (Å²) in [5.41, 5.74) is 8.00. The first kappa shape index (κ1) is 15.0. The minimum atomic E-state index is -0.406. The van der Waals surface area contributed by atoms with Crippen molar-refractivity contribution < 1.29 is 13.9 Å². The molecule has 0 amide bonds. The highest BCUT2D eigenvalue weighted by Crippen LogP contribution is 2.32. The first-order valence-electron chi connectivity index (χ1n) is 6.77. The number of benzene rings is 2. The van der Waals surface area contributed by atoms with E-state index in [4.69, 9.17) is 15.2 Å². The minimum absolute atomic E-state index is 0.178. The summed E-state index contributed by atoms with van der Waals surface area (Å²) in [5.74, 6) is 0.406. The Bertz CT molecular complexity index is 617. The van der Waals surface area contributed by atoms with Crippen LogP contribution in [0.1, 0.15) is 13.3 Å². The Kier molecular flexibility index (Phi) is 4.87. The summed E-state index contributed by atoms with van der Waals surface area (Å²) in [7, 11) is 1.43. The van der Waals surface area contributed by atoms with E-state index in [0.29, 0.717) is 29.4 Å². The molecule has 0 atom stereocenters. The fourth-order valence-corrected chi connectivity index (χ4v) is 1.88. The van der Waals surface area contributed by atoms with Gasteiger partial charge in [0.2, 0.25) is 0 Å². The summed E-state index contributed by atoms with van der Waals surface area (Å²) >= 11 is 0. The Hall–Kier alpha value is -2.43. The summed E-state index contributed by atoms with van der Waals surface area (Å²) in [6.45, 7) is 2.64. The fourth-order valence-electron chi connectivity index (χ4n) is 1.88. The number of nitrogen functional groups attached to an aromatic ring is 1. The summed E-state index contributed by atoms with van der Waals surface area (Å²) in [4.78, 5) is 0. The van der Waals surface area contributed by atoms with Gasteiger partial charge in [-0.15, -0.1) is 0 Å². The predicted octanol–water partition coefficient (Wildman–Crippen LogP) is 3.95. The summed E-state index contributed by atoms with van der Waals surface area (Å²) in [6, 6.07) is 10.1. The van der Waals surface area contributed by atoms with Gasteiger partial charge in [-0.05, 0) is 30.7 Å². The van der Waals surface area contributed by atoms with Crippen LogP contribution in [0, 0.1) is 5.82 Å². The van der Waals surface area contributed by atoms with Crippen LogP contribution in [0.3, 0.4) is 0 Å². The van der Waals surface area contributed by atoms with Crippen molar-refractivity contribution in [3.8, 4) is 11.5 Å². The van der Waals surface area contributed by atoms with E-state index in [1.165, 1.54) is 13.2 Å². The lowest BCUT2D eigenvalue weighted by atomic mass is 10.2.